The van der Waals surface area contributed by atoms with E-state index >= 15 is 0 Å². The van der Waals surface area contributed by atoms with Crippen LogP contribution in [0.15, 0.2) is 18.2 Å². The molecular formula is C13H20N2O3. The van der Waals surface area contributed by atoms with Gasteiger partial charge in [0, 0.05) is 13.1 Å². The Bertz CT molecular complexity index is 419. The molecule has 1 aromatic carbocycles. The molecular weight excluding hydrogens is 232 g/mol. The maximum Gasteiger partial charge on any atom is 0.260 e. The fraction of sp³-hybridized carbons (Fsp3) is 0.462. The van der Waals surface area contributed by atoms with E-state index in [9.17, 15) is 4.79 Å². The number of amides is 1. The zero-order valence-electron chi connectivity index (χ0n) is 11.2. The van der Waals surface area contributed by atoms with Crippen LogP contribution in [0.1, 0.15) is 25.5 Å². The van der Waals surface area contributed by atoms with Crippen molar-refractivity contribution in [3.05, 3.63) is 23.8 Å². The summed E-state index contributed by atoms with van der Waals surface area (Å²) in [5.41, 5.74) is 6.75. The highest BCUT2D eigenvalue weighted by molar-refractivity contribution is 5.80. The number of hydrogen-bond donors (Lipinski definition) is 2. The number of ether oxygens (including phenoxy) is 2. The summed E-state index contributed by atoms with van der Waals surface area (Å²) in [7, 11) is 3.12. The zero-order valence-corrected chi connectivity index (χ0v) is 11.2. The third-order valence-corrected chi connectivity index (χ3v) is 2.63. The fourth-order valence-corrected chi connectivity index (χ4v) is 1.51. The molecule has 5 heteroatoms. The van der Waals surface area contributed by atoms with Crippen molar-refractivity contribution in [2.24, 2.45) is 5.73 Å². The van der Waals surface area contributed by atoms with Gasteiger partial charge in [-0.25, -0.2) is 0 Å². The lowest BCUT2D eigenvalue weighted by atomic mass is 10.1. The van der Waals surface area contributed by atoms with E-state index in [4.69, 9.17) is 15.2 Å². The highest BCUT2D eigenvalue weighted by Crippen LogP contribution is 2.30. The van der Waals surface area contributed by atoms with Crippen LogP contribution in [-0.2, 0) is 4.79 Å². The van der Waals surface area contributed by atoms with E-state index in [2.05, 4.69) is 5.32 Å². The summed E-state index contributed by atoms with van der Waals surface area (Å²) in [6.45, 7) is 3.57. The first-order valence-electron chi connectivity index (χ1n) is 5.81. The lowest BCUT2D eigenvalue weighted by Gasteiger charge is -2.17. The highest BCUT2D eigenvalue weighted by atomic mass is 16.5. The van der Waals surface area contributed by atoms with Crippen molar-refractivity contribution >= 4 is 5.91 Å². The maximum absolute atomic E-state index is 11.4. The van der Waals surface area contributed by atoms with Gasteiger partial charge >= 0.3 is 0 Å². The molecule has 0 spiro atoms. The third kappa shape index (κ3) is 3.37. The molecule has 18 heavy (non-hydrogen) atoms. The largest absolute Gasteiger partial charge is 0.493 e. The van der Waals surface area contributed by atoms with E-state index in [-0.39, 0.29) is 11.9 Å². The van der Waals surface area contributed by atoms with Gasteiger partial charge in [0.2, 0.25) is 0 Å². The molecule has 0 aliphatic heterocycles. The highest BCUT2D eigenvalue weighted by Gasteiger charge is 2.16. The first-order chi connectivity index (χ1) is 8.49. The van der Waals surface area contributed by atoms with E-state index in [0.717, 1.165) is 5.56 Å². The van der Waals surface area contributed by atoms with Gasteiger partial charge < -0.3 is 20.5 Å². The second-order valence-corrected chi connectivity index (χ2v) is 4.07. The second kappa shape index (κ2) is 6.26. The molecule has 3 N–H and O–H groups in total. The van der Waals surface area contributed by atoms with Crippen molar-refractivity contribution in [1.29, 1.82) is 0 Å². The molecule has 0 saturated carbocycles. The van der Waals surface area contributed by atoms with E-state index in [0.29, 0.717) is 11.5 Å². The van der Waals surface area contributed by atoms with Crippen molar-refractivity contribution in [3.63, 3.8) is 0 Å². The number of hydrogen-bond acceptors (Lipinski definition) is 4. The zero-order chi connectivity index (χ0) is 13.7. The average molecular weight is 252 g/mol. The van der Waals surface area contributed by atoms with Crippen LogP contribution in [0.5, 0.6) is 11.5 Å². The van der Waals surface area contributed by atoms with Gasteiger partial charge in [-0.2, -0.15) is 0 Å². The lowest BCUT2D eigenvalue weighted by Crippen LogP contribution is -2.33. The third-order valence-electron chi connectivity index (χ3n) is 2.63. The molecule has 0 bridgehead atoms. The molecule has 0 aliphatic rings. The summed E-state index contributed by atoms with van der Waals surface area (Å²) in [5, 5.41) is 2.53. The van der Waals surface area contributed by atoms with Crippen molar-refractivity contribution in [2.75, 3.05) is 14.2 Å². The van der Waals surface area contributed by atoms with Crippen molar-refractivity contribution in [3.8, 4) is 11.5 Å². The molecule has 100 valence electrons. The Morgan fingerprint density at radius 1 is 1.33 bits per heavy atom. The molecule has 0 aliphatic carbocycles. The molecule has 1 unspecified atom stereocenters. The normalized spacial score (nSPS) is 13.6. The smallest absolute Gasteiger partial charge is 0.260 e. The number of methoxy groups -OCH3 is 1. The standard InChI is InChI=1S/C13H20N2O3/c1-8(14)10-5-6-11(12(7-10)17-4)18-9(2)13(16)15-3/h5-9H,14H2,1-4H3,(H,15,16)/t8-,9?/m1/s1. The minimum absolute atomic E-state index is 0.0793. The maximum atomic E-state index is 11.4. The van der Waals surface area contributed by atoms with Crippen LogP contribution in [0.25, 0.3) is 0 Å². The number of carbonyl (C=O) groups is 1. The molecule has 1 rings (SSSR count). The Kier molecular flexibility index (Phi) is 4.97. The number of carbonyl (C=O) groups excluding carboxylic acids is 1. The van der Waals surface area contributed by atoms with Crippen LogP contribution >= 0.6 is 0 Å². The van der Waals surface area contributed by atoms with Crippen molar-refractivity contribution in [1.82, 2.24) is 5.32 Å². The van der Waals surface area contributed by atoms with Crippen LogP contribution in [-0.4, -0.2) is 26.2 Å². The quantitative estimate of drug-likeness (QED) is 0.826. The van der Waals surface area contributed by atoms with E-state index < -0.39 is 6.10 Å². The first kappa shape index (κ1) is 14.3. The molecule has 2 atom stereocenters. The molecule has 1 amide bonds. The Morgan fingerprint density at radius 3 is 2.50 bits per heavy atom. The predicted molar refractivity (Wildman–Crippen MR) is 69.8 cm³/mol. The van der Waals surface area contributed by atoms with E-state index in [1.807, 2.05) is 19.1 Å². The Labute approximate surface area is 107 Å². The van der Waals surface area contributed by atoms with Crippen LogP contribution in [0.4, 0.5) is 0 Å². The van der Waals surface area contributed by atoms with Gasteiger partial charge in [-0.05, 0) is 31.5 Å². The summed E-state index contributed by atoms with van der Waals surface area (Å²) in [6.07, 6.45) is -0.579. The first-order valence-corrected chi connectivity index (χ1v) is 5.81. The summed E-state index contributed by atoms with van der Waals surface area (Å²) in [6, 6.07) is 5.36. The van der Waals surface area contributed by atoms with Gasteiger partial charge in [-0.3, -0.25) is 4.79 Å². The van der Waals surface area contributed by atoms with Crippen LogP contribution in [0.3, 0.4) is 0 Å². The number of rotatable bonds is 5. The number of benzene rings is 1. The molecule has 0 aromatic heterocycles. The van der Waals surface area contributed by atoms with Gasteiger partial charge in [0.05, 0.1) is 7.11 Å². The van der Waals surface area contributed by atoms with Crippen LogP contribution < -0.4 is 20.5 Å². The van der Waals surface area contributed by atoms with Crippen LogP contribution in [0, 0.1) is 0 Å². The lowest BCUT2D eigenvalue weighted by molar-refractivity contribution is -0.126. The summed E-state index contributed by atoms with van der Waals surface area (Å²) < 4.78 is 10.8. The van der Waals surface area contributed by atoms with Crippen molar-refractivity contribution < 1.29 is 14.3 Å². The summed E-state index contributed by atoms with van der Waals surface area (Å²) >= 11 is 0. The fourth-order valence-electron chi connectivity index (χ4n) is 1.51. The predicted octanol–water partition coefficient (Wildman–Crippen LogP) is 1.23. The molecule has 0 radical (unpaired) electrons. The van der Waals surface area contributed by atoms with Gasteiger partial charge in [-0.15, -0.1) is 0 Å². The van der Waals surface area contributed by atoms with Gasteiger partial charge in [0.15, 0.2) is 17.6 Å². The van der Waals surface area contributed by atoms with E-state index in [1.165, 1.54) is 0 Å². The Balaban J connectivity index is 2.92. The van der Waals surface area contributed by atoms with Crippen LogP contribution in [0.2, 0.25) is 0 Å². The van der Waals surface area contributed by atoms with Gasteiger partial charge in [0.1, 0.15) is 0 Å². The van der Waals surface area contributed by atoms with Gasteiger partial charge in [-0.1, -0.05) is 6.07 Å². The van der Waals surface area contributed by atoms with E-state index in [1.54, 1.807) is 27.1 Å². The number of nitrogens with two attached hydrogens (primary N) is 1. The molecule has 1 aromatic rings. The second-order valence-electron chi connectivity index (χ2n) is 4.07. The SMILES string of the molecule is CNC(=O)C(C)Oc1ccc([C@@H](C)N)cc1OC. The Hall–Kier alpha value is -1.75. The Morgan fingerprint density at radius 2 is 2.00 bits per heavy atom. The number of nitrogens with one attached hydrogen (secondary N) is 1. The summed E-state index contributed by atoms with van der Waals surface area (Å²) in [5.74, 6) is 0.909. The average Bonchev–Trinajstić information content (AvgIpc) is 2.37. The topological polar surface area (TPSA) is 73.6 Å². The molecule has 0 fully saturated rings. The monoisotopic (exact) mass is 252 g/mol. The minimum Gasteiger partial charge on any atom is -0.493 e. The molecule has 0 heterocycles. The summed E-state index contributed by atoms with van der Waals surface area (Å²) in [4.78, 5) is 11.4. The van der Waals surface area contributed by atoms with Gasteiger partial charge in [0.25, 0.3) is 5.91 Å². The molecule has 0 saturated heterocycles. The molecule has 5 nitrogen and oxygen atoms in total. The van der Waals surface area contributed by atoms with Crippen molar-refractivity contribution in [2.45, 2.75) is 26.0 Å². The minimum atomic E-state index is -0.579. The number of likely N-dealkylation sites (N-methyl/N-ethyl adjacent to an activating group) is 1.